The van der Waals surface area contributed by atoms with Crippen molar-refractivity contribution in [2.75, 3.05) is 40.6 Å². The zero-order valence-corrected chi connectivity index (χ0v) is 16.8. The molecule has 0 heterocycles. The van der Waals surface area contributed by atoms with E-state index in [1.165, 1.54) is 31.2 Å². The third-order valence-electron chi connectivity index (χ3n) is 4.49. The molecule has 0 radical (unpaired) electrons. The molecule has 26 heavy (non-hydrogen) atoms. The second-order valence-electron chi connectivity index (χ2n) is 7.62. The molecular weight excluding hydrogens is 330 g/mol. The lowest BCUT2D eigenvalue weighted by atomic mass is 9.92. The third-order valence-corrected chi connectivity index (χ3v) is 4.49. The molecule has 148 valence electrons. The van der Waals surface area contributed by atoms with E-state index in [4.69, 9.17) is 9.47 Å². The summed E-state index contributed by atoms with van der Waals surface area (Å²) in [6.45, 7) is 5.62. The highest BCUT2D eigenvalue weighted by atomic mass is 16.5. The Bertz CT molecular complexity index is 513. The van der Waals surface area contributed by atoms with Crippen molar-refractivity contribution in [2.45, 2.75) is 46.0 Å². The standard InChI is InChI=1S/C21H35NO4/c1-5-7-8-18(6-2)15-19-9-11-20(12-10-19)26-14-13-25-17-22(3,4)16-21(23)24/h9-12,18H,5-8,13-17H2,1-4H3. The first-order chi connectivity index (χ1) is 12.4. The average Bonchev–Trinajstić information content (AvgIpc) is 2.58. The van der Waals surface area contributed by atoms with E-state index >= 15 is 0 Å². The quantitative estimate of drug-likeness (QED) is 0.289. The monoisotopic (exact) mass is 365 g/mol. The van der Waals surface area contributed by atoms with E-state index in [1.807, 2.05) is 12.1 Å². The molecule has 0 aromatic heterocycles. The lowest BCUT2D eigenvalue weighted by molar-refractivity contribution is -0.904. The van der Waals surface area contributed by atoms with Crippen LogP contribution in [0.15, 0.2) is 24.3 Å². The van der Waals surface area contributed by atoms with Gasteiger partial charge < -0.3 is 23.9 Å². The Labute approximate surface area is 158 Å². The van der Waals surface area contributed by atoms with Crippen LogP contribution in [0.4, 0.5) is 0 Å². The third kappa shape index (κ3) is 9.78. The highest BCUT2D eigenvalue weighted by Crippen LogP contribution is 2.20. The summed E-state index contributed by atoms with van der Waals surface area (Å²) in [7, 11) is 3.58. The maximum Gasteiger partial charge on any atom is 0.183 e. The Morgan fingerprint density at radius 3 is 2.42 bits per heavy atom. The van der Waals surface area contributed by atoms with E-state index in [0.29, 0.717) is 19.9 Å². The van der Waals surface area contributed by atoms with Gasteiger partial charge in [-0.05, 0) is 30.0 Å². The summed E-state index contributed by atoms with van der Waals surface area (Å²) < 4.78 is 11.4. The van der Waals surface area contributed by atoms with Crippen LogP contribution in [0.5, 0.6) is 5.75 Å². The highest BCUT2D eigenvalue weighted by molar-refractivity contribution is 5.65. The molecule has 0 fully saturated rings. The Morgan fingerprint density at radius 2 is 1.85 bits per heavy atom. The molecule has 0 aliphatic carbocycles. The molecule has 0 bridgehead atoms. The van der Waals surface area contributed by atoms with Crippen LogP contribution < -0.4 is 9.84 Å². The van der Waals surface area contributed by atoms with Gasteiger partial charge in [0.25, 0.3) is 0 Å². The summed E-state index contributed by atoms with van der Waals surface area (Å²) in [4.78, 5) is 10.6. The number of carbonyl (C=O) groups excluding carboxylic acids is 1. The van der Waals surface area contributed by atoms with Gasteiger partial charge in [-0.1, -0.05) is 51.7 Å². The summed E-state index contributed by atoms with van der Waals surface area (Å²) in [5, 5.41) is 10.6. The molecular formula is C21H35NO4. The average molecular weight is 366 g/mol. The lowest BCUT2D eigenvalue weighted by Gasteiger charge is -2.29. The minimum absolute atomic E-state index is 0.0701. The zero-order valence-electron chi connectivity index (χ0n) is 16.8. The van der Waals surface area contributed by atoms with Gasteiger partial charge in [-0.15, -0.1) is 0 Å². The van der Waals surface area contributed by atoms with Crippen LogP contribution in [-0.4, -0.2) is 51.0 Å². The predicted octanol–water partition coefficient (Wildman–Crippen LogP) is 2.62. The molecule has 1 atom stereocenters. The van der Waals surface area contributed by atoms with E-state index in [1.54, 1.807) is 14.1 Å². The van der Waals surface area contributed by atoms with Crippen LogP contribution in [0.1, 0.15) is 45.1 Å². The number of benzene rings is 1. The largest absolute Gasteiger partial charge is 0.544 e. The van der Waals surface area contributed by atoms with Gasteiger partial charge in [0.2, 0.25) is 0 Å². The number of unbranched alkanes of at least 4 members (excludes halogenated alkanes) is 1. The Balaban J connectivity index is 2.29. The number of hydrogen-bond acceptors (Lipinski definition) is 4. The van der Waals surface area contributed by atoms with Crippen LogP contribution in [0.2, 0.25) is 0 Å². The second kappa shape index (κ2) is 11.9. The minimum Gasteiger partial charge on any atom is -0.544 e. The van der Waals surface area contributed by atoms with E-state index in [2.05, 4.69) is 26.0 Å². The van der Waals surface area contributed by atoms with E-state index < -0.39 is 5.97 Å². The summed E-state index contributed by atoms with van der Waals surface area (Å²) >= 11 is 0. The number of rotatable bonds is 14. The van der Waals surface area contributed by atoms with Gasteiger partial charge in [0.1, 0.15) is 18.9 Å². The Morgan fingerprint density at radius 1 is 1.15 bits per heavy atom. The first kappa shape index (κ1) is 22.5. The van der Waals surface area contributed by atoms with Gasteiger partial charge in [0, 0.05) is 0 Å². The van der Waals surface area contributed by atoms with Crippen LogP contribution in [0, 0.1) is 5.92 Å². The molecule has 0 saturated heterocycles. The minimum atomic E-state index is -1.07. The second-order valence-corrected chi connectivity index (χ2v) is 7.62. The van der Waals surface area contributed by atoms with Crippen molar-refractivity contribution >= 4 is 5.97 Å². The van der Waals surface area contributed by atoms with Crippen molar-refractivity contribution in [3.05, 3.63) is 29.8 Å². The first-order valence-electron chi connectivity index (χ1n) is 9.67. The van der Waals surface area contributed by atoms with Crippen molar-refractivity contribution < 1.29 is 23.9 Å². The van der Waals surface area contributed by atoms with E-state index in [0.717, 1.165) is 18.1 Å². The van der Waals surface area contributed by atoms with Crippen LogP contribution in [0.3, 0.4) is 0 Å². The number of carboxylic acid groups (broad SMARTS) is 1. The number of ether oxygens (including phenoxy) is 2. The fourth-order valence-corrected chi connectivity index (χ4v) is 2.92. The maximum atomic E-state index is 10.6. The molecule has 1 unspecified atom stereocenters. The summed E-state index contributed by atoms with van der Waals surface area (Å²) in [6, 6.07) is 8.31. The molecule has 5 nitrogen and oxygen atoms in total. The molecule has 0 saturated carbocycles. The summed E-state index contributed by atoms with van der Waals surface area (Å²) in [5.41, 5.74) is 1.36. The number of carbonyl (C=O) groups is 1. The molecule has 1 aromatic carbocycles. The first-order valence-corrected chi connectivity index (χ1v) is 9.67. The molecule has 0 spiro atoms. The number of nitrogens with zero attached hydrogens (tertiary/aromatic N) is 1. The molecule has 1 rings (SSSR count). The lowest BCUT2D eigenvalue weighted by Crippen LogP contribution is -2.49. The fourth-order valence-electron chi connectivity index (χ4n) is 2.92. The van der Waals surface area contributed by atoms with Gasteiger partial charge >= 0.3 is 0 Å². The van der Waals surface area contributed by atoms with E-state index in [9.17, 15) is 9.90 Å². The van der Waals surface area contributed by atoms with E-state index in [-0.39, 0.29) is 11.0 Å². The van der Waals surface area contributed by atoms with Crippen molar-refractivity contribution in [3.63, 3.8) is 0 Å². The number of quaternary nitrogens is 1. The van der Waals surface area contributed by atoms with Crippen molar-refractivity contribution in [2.24, 2.45) is 5.92 Å². The Hall–Kier alpha value is -1.59. The van der Waals surface area contributed by atoms with Gasteiger partial charge in [-0.3, -0.25) is 0 Å². The van der Waals surface area contributed by atoms with Crippen LogP contribution in [-0.2, 0) is 16.0 Å². The molecule has 1 aromatic rings. The van der Waals surface area contributed by atoms with Gasteiger partial charge in [-0.2, -0.15) is 0 Å². The molecule has 0 aliphatic rings. The molecule has 0 amide bonds. The van der Waals surface area contributed by atoms with Crippen LogP contribution >= 0.6 is 0 Å². The van der Waals surface area contributed by atoms with Crippen molar-refractivity contribution in [3.8, 4) is 5.75 Å². The summed E-state index contributed by atoms with van der Waals surface area (Å²) in [6.07, 6.45) is 6.22. The SMILES string of the molecule is CCCCC(CC)Cc1ccc(OCCOC[N+](C)(C)CC(=O)[O-])cc1. The number of hydrogen-bond donors (Lipinski definition) is 0. The van der Waals surface area contributed by atoms with Gasteiger partial charge in [-0.25, -0.2) is 0 Å². The zero-order chi connectivity index (χ0) is 19.4. The maximum absolute atomic E-state index is 10.6. The molecule has 5 heteroatoms. The number of carboxylic acids is 1. The number of likely N-dealkylation sites (N-methyl/N-ethyl adjacent to an activating group) is 1. The highest BCUT2D eigenvalue weighted by Gasteiger charge is 2.15. The van der Waals surface area contributed by atoms with Crippen LogP contribution in [0.25, 0.3) is 0 Å². The Kier molecular flexibility index (Phi) is 10.3. The molecule has 0 aliphatic heterocycles. The normalized spacial score (nSPS) is 12.8. The topological polar surface area (TPSA) is 58.6 Å². The predicted molar refractivity (Wildman–Crippen MR) is 102 cm³/mol. The van der Waals surface area contributed by atoms with Crippen molar-refractivity contribution in [1.29, 1.82) is 0 Å². The van der Waals surface area contributed by atoms with Gasteiger partial charge in [0.05, 0.1) is 26.7 Å². The smallest absolute Gasteiger partial charge is 0.183 e. The van der Waals surface area contributed by atoms with Crippen molar-refractivity contribution in [1.82, 2.24) is 0 Å². The number of aliphatic carboxylic acids is 1. The fraction of sp³-hybridized carbons (Fsp3) is 0.667. The summed E-state index contributed by atoms with van der Waals surface area (Å²) in [5.74, 6) is 0.523. The molecule has 0 N–H and O–H groups in total. The van der Waals surface area contributed by atoms with Gasteiger partial charge in [0.15, 0.2) is 6.73 Å².